The molecule has 0 aromatic heterocycles. The van der Waals surface area contributed by atoms with E-state index in [1.54, 1.807) is 20.8 Å². The topological polar surface area (TPSA) is 165 Å². The van der Waals surface area contributed by atoms with E-state index in [2.05, 4.69) is 10.0 Å². The zero-order valence-electron chi connectivity index (χ0n) is 17.6. The fourth-order valence-electron chi connectivity index (χ4n) is 2.67. The zero-order valence-corrected chi connectivity index (χ0v) is 18.4. The average Bonchev–Trinajstić information content (AvgIpc) is 2.69. The first-order valence-electron chi connectivity index (χ1n) is 9.36. The molecule has 0 fully saturated rings. The monoisotopic (exact) mass is 465 g/mol. The van der Waals surface area contributed by atoms with Gasteiger partial charge in [0.1, 0.15) is 5.60 Å². The molecule has 11 nitrogen and oxygen atoms in total. The molecule has 2 rings (SSSR count). The van der Waals surface area contributed by atoms with Crippen LogP contribution in [-0.2, 0) is 14.8 Å². The van der Waals surface area contributed by atoms with Crippen molar-refractivity contribution in [1.82, 2.24) is 10.0 Å². The van der Waals surface area contributed by atoms with E-state index < -0.39 is 49.2 Å². The van der Waals surface area contributed by atoms with E-state index in [-0.39, 0.29) is 12.1 Å². The SMILES string of the molecule is CC(C)(C)OC(=O)NC(CNS(=O)(=O)c1ccccc1[N+](=O)[O-])c1ccc(C(=O)O)cc1. The number of nitrogens with zero attached hydrogens (tertiary/aromatic N) is 1. The van der Waals surface area contributed by atoms with E-state index >= 15 is 0 Å². The Kier molecular flexibility index (Phi) is 7.54. The number of amides is 1. The summed E-state index contributed by atoms with van der Waals surface area (Å²) in [5, 5.41) is 22.8. The molecule has 0 aliphatic heterocycles. The summed E-state index contributed by atoms with van der Waals surface area (Å²) in [6.45, 7) is 4.58. The van der Waals surface area contributed by atoms with Gasteiger partial charge in [-0.3, -0.25) is 10.1 Å². The molecular formula is C20H23N3O8S. The standard InChI is InChI=1S/C20H23N3O8S/c1-20(2,3)31-19(26)22-15(13-8-10-14(11-9-13)18(24)25)12-21-32(29,30)17-7-5-4-6-16(17)23(27)28/h4-11,15,21H,12H2,1-3H3,(H,22,26)(H,24,25). The molecule has 0 radical (unpaired) electrons. The first-order chi connectivity index (χ1) is 14.8. The maximum absolute atomic E-state index is 12.7. The van der Waals surface area contributed by atoms with Gasteiger partial charge in [0.05, 0.1) is 16.5 Å². The van der Waals surface area contributed by atoms with Gasteiger partial charge in [-0.25, -0.2) is 22.7 Å². The number of carbonyl (C=O) groups is 2. The Balaban J connectivity index is 2.31. The molecule has 0 aliphatic carbocycles. The highest BCUT2D eigenvalue weighted by Gasteiger charge is 2.27. The lowest BCUT2D eigenvalue weighted by atomic mass is 10.1. The van der Waals surface area contributed by atoms with Gasteiger partial charge in [0.15, 0.2) is 4.90 Å². The first-order valence-corrected chi connectivity index (χ1v) is 10.8. The predicted octanol–water partition coefficient (Wildman–Crippen LogP) is 2.84. The van der Waals surface area contributed by atoms with Crippen LogP contribution in [0.15, 0.2) is 53.4 Å². The number of nitro groups is 1. The third kappa shape index (κ3) is 6.75. The Morgan fingerprint density at radius 1 is 1.12 bits per heavy atom. The van der Waals surface area contributed by atoms with Gasteiger partial charge in [-0.05, 0) is 44.5 Å². The zero-order chi connectivity index (χ0) is 24.1. The number of nitro benzene ring substituents is 1. The number of carboxylic acids is 1. The van der Waals surface area contributed by atoms with E-state index in [1.807, 2.05) is 0 Å². The van der Waals surface area contributed by atoms with Gasteiger partial charge >= 0.3 is 12.1 Å². The molecule has 1 amide bonds. The molecule has 0 heterocycles. The number of sulfonamides is 1. The highest BCUT2D eigenvalue weighted by Crippen LogP contribution is 2.23. The summed E-state index contributed by atoms with van der Waals surface area (Å²) in [5.74, 6) is -1.15. The number of nitrogens with one attached hydrogen (secondary N) is 2. The summed E-state index contributed by atoms with van der Waals surface area (Å²) in [5.41, 5.74) is -1.01. The lowest BCUT2D eigenvalue weighted by Gasteiger charge is -2.24. The molecule has 0 aliphatic rings. The number of benzene rings is 2. The van der Waals surface area contributed by atoms with Crippen LogP contribution in [0.2, 0.25) is 0 Å². The lowest BCUT2D eigenvalue weighted by molar-refractivity contribution is -0.387. The fourth-order valence-corrected chi connectivity index (χ4v) is 3.88. The van der Waals surface area contributed by atoms with E-state index in [0.717, 1.165) is 12.1 Å². The van der Waals surface area contributed by atoms with Crippen molar-refractivity contribution < 1.29 is 32.8 Å². The smallest absolute Gasteiger partial charge is 0.408 e. The second-order valence-electron chi connectivity index (χ2n) is 7.70. The van der Waals surface area contributed by atoms with Gasteiger partial charge in [0.25, 0.3) is 5.69 Å². The maximum atomic E-state index is 12.7. The molecule has 172 valence electrons. The van der Waals surface area contributed by atoms with E-state index in [0.29, 0.717) is 5.56 Å². The Labute approximate surface area is 184 Å². The van der Waals surface area contributed by atoms with Crippen molar-refractivity contribution in [2.45, 2.75) is 37.3 Å². The molecule has 0 bridgehead atoms. The number of carboxylic acid groups (broad SMARTS) is 1. The predicted molar refractivity (Wildman–Crippen MR) is 114 cm³/mol. The molecule has 12 heteroatoms. The van der Waals surface area contributed by atoms with Crippen LogP contribution in [0.25, 0.3) is 0 Å². The molecule has 0 saturated carbocycles. The largest absolute Gasteiger partial charge is 0.478 e. The number of rotatable bonds is 8. The first kappa shape index (κ1) is 24.8. The van der Waals surface area contributed by atoms with Crippen LogP contribution < -0.4 is 10.0 Å². The average molecular weight is 465 g/mol. The molecule has 0 saturated heterocycles. The summed E-state index contributed by atoms with van der Waals surface area (Å²) >= 11 is 0. The number of ether oxygens (including phenoxy) is 1. The van der Waals surface area contributed by atoms with Crippen molar-refractivity contribution in [3.05, 3.63) is 69.8 Å². The third-order valence-electron chi connectivity index (χ3n) is 4.08. The summed E-state index contributed by atoms with van der Waals surface area (Å²) in [7, 11) is -4.31. The number of aromatic carboxylic acids is 1. The number of para-hydroxylation sites is 1. The normalized spacial score (nSPS) is 12.6. The van der Waals surface area contributed by atoms with Crippen LogP contribution in [0.3, 0.4) is 0 Å². The summed E-state index contributed by atoms with van der Waals surface area (Å²) in [4.78, 5) is 33.2. The highest BCUT2D eigenvalue weighted by atomic mass is 32.2. The van der Waals surface area contributed by atoms with E-state index in [9.17, 15) is 28.1 Å². The van der Waals surface area contributed by atoms with Crippen LogP contribution >= 0.6 is 0 Å². The summed E-state index contributed by atoms with van der Waals surface area (Å²) in [6, 6.07) is 9.35. The Morgan fingerprint density at radius 2 is 1.72 bits per heavy atom. The molecule has 0 spiro atoms. The van der Waals surface area contributed by atoms with Gasteiger partial charge < -0.3 is 15.2 Å². The minimum Gasteiger partial charge on any atom is -0.478 e. The van der Waals surface area contributed by atoms with Crippen molar-refractivity contribution in [3.63, 3.8) is 0 Å². The molecule has 1 atom stereocenters. The van der Waals surface area contributed by atoms with E-state index in [1.165, 1.54) is 36.4 Å². The second-order valence-corrected chi connectivity index (χ2v) is 9.44. The lowest BCUT2D eigenvalue weighted by Crippen LogP contribution is -2.40. The van der Waals surface area contributed by atoms with E-state index in [4.69, 9.17) is 9.84 Å². The van der Waals surface area contributed by atoms with Gasteiger partial charge in [0, 0.05) is 12.6 Å². The van der Waals surface area contributed by atoms with Crippen molar-refractivity contribution in [3.8, 4) is 0 Å². The Hall–Kier alpha value is -3.51. The van der Waals surface area contributed by atoms with Gasteiger partial charge in [0.2, 0.25) is 10.0 Å². The number of hydrogen-bond acceptors (Lipinski definition) is 7. The quantitative estimate of drug-likeness (QED) is 0.395. The van der Waals surface area contributed by atoms with Crippen molar-refractivity contribution in [2.24, 2.45) is 0 Å². The van der Waals surface area contributed by atoms with Crippen molar-refractivity contribution in [2.75, 3.05) is 6.54 Å². The van der Waals surface area contributed by atoms with Crippen molar-refractivity contribution in [1.29, 1.82) is 0 Å². The van der Waals surface area contributed by atoms with Crippen molar-refractivity contribution >= 4 is 27.8 Å². The molecular weight excluding hydrogens is 442 g/mol. The highest BCUT2D eigenvalue weighted by molar-refractivity contribution is 7.89. The molecule has 3 N–H and O–H groups in total. The van der Waals surface area contributed by atoms with Crippen LogP contribution in [0.4, 0.5) is 10.5 Å². The van der Waals surface area contributed by atoms with Crippen LogP contribution in [0, 0.1) is 10.1 Å². The van der Waals surface area contributed by atoms with Crippen LogP contribution in [0.5, 0.6) is 0 Å². The second kappa shape index (κ2) is 9.75. The van der Waals surface area contributed by atoms with Crippen LogP contribution in [-0.4, -0.2) is 42.7 Å². The number of alkyl carbamates (subject to hydrolysis) is 1. The van der Waals surface area contributed by atoms with Gasteiger partial charge in [-0.1, -0.05) is 24.3 Å². The van der Waals surface area contributed by atoms with Crippen LogP contribution in [0.1, 0.15) is 42.7 Å². The third-order valence-corrected chi connectivity index (χ3v) is 5.55. The number of carbonyl (C=O) groups excluding carboxylic acids is 1. The summed E-state index contributed by atoms with van der Waals surface area (Å²) in [6.07, 6.45) is -0.824. The molecule has 32 heavy (non-hydrogen) atoms. The Morgan fingerprint density at radius 3 is 2.25 bits per heavy atom. The van der Waals surface area contributed by atoms with Gasteiger partial charge in [-0.15, -0.1) is 0 Å². The maximum Gasteiger partial charge on any atom is 0.408 e. The van der Waals surface area contributed by atoms with Gasteiger partial charge in [-0.2, -0.15) is 0 Å². The minimum atomic E-state index is -4.31. The fraction of sp³-hybridized carbons (Fsp3) is 0.300. The molecule has 2 aromatic carbocycles. The summed E-state index contributed by atoms with van der Waals surface area (Å²) < 4.78 is 32.9. The Bertz CT molecular complexity index is 1110. The molecule has 2 aromatic rings. The molecule has 1 unspecified atom stereocenters. The minimum absolute atomic E-state index is 0.00487. The number of hydrogen-bond donors (Lipinski definition) is 3.